The highest BCUT2D eigenvalue weighted by atomic mass is 15.2. The van der Waals surface area contributed by atoms with Gasteiger partial charge in [0, 0.05) is 44.3 Å². The van der Waals surface area contributed by atoms with Crippen molar-refractivity contribution in [2.75, 3.05) is 24.3 Å². The van der Waals surface area contributed by atoms with Gasteiger partial charge in [-0.25, -0.2) is 4.98 Å². The lowest BCUT2D eigenvalue weighted by atomic mass is 10.1. The highest BCUT2D eigenvalue weighted by molar-refractivity contribution is 5.44. The molecule has 0 aliphatic heterocycles. The maximum Gasteiger partial charge on any atom is 0.226 e. The number of hydrogen-bond acceptors (Lipinski definition) is 5. The summed E-state index contributed by atoms with van der Waals surface area (Å²) >= 11 is 0. The van der Waals surface area contributed by atoms with Gasteiger partial charge in [-0.05, 0) is 36.8 Å². The molecule has 0 saturated carbocycles. The van der Waals surface area contributed by atoms with E-state index in [1.165, 1.54) is 23.2 Å². The van der Waals surface area contributed by atoms with Gasteiger partial charge in [-0.1, -0.05) is 13.0 Å². The third-order valence-corrected chi connectivity index (χ3v) is 3.98. The third-order valence-electron chi connectivity index (χ3n) is 3.98. The summed E-state index contributed by atoms with van der Waals surface area (Å²) in [4.78, 5) is 15.6. The minimum Gasteiger partial charge on any atom is -0.366 e. The van der Waals surface area contributed by atoms with E-state index >= 15 is 0 Å². The third kappa shape index (κ3) is 3.18. The van der Waals surface area contributed by atoms with E-state index in [9.17, 15) is 0 Å². The number of aryl methyl sites for hydroxylation is 3. The molecular formula is C17H23N5. The molecule has 5 heteroatoms. The van der Waals surface area contributed by atoms with Gasteiger partial charge in [0.15, 0.2) is 0 Å². The largest absolute Gasteiger partial charge is 0.366 e. The number of hydrogen-bond donors (Lipinski definition) is 1. The molecular weight excluding hydrogens is 274 g/mol. The number of fused-ring (bicyclic) bond motifs is 1. The topological polar surface area (TPSA) is 53.9 Å². The van der Waals surface area contributed by atoms with Gasteiger partial charge in [-0.2, -0.15) is 4.98 Å². The highest BCUT2D eigenvalue weighted by Gasteiger charge is 2.12. The molecule has 0 bridgehead atoms. The van der Waals surface area contributed by atoms with Gasteiger partial charge in [0.25, 0.3) is 0 Å². The van der Waals surface area contributed by atoms with Crippen LogP contribution in [0.4, 0.5) is 11.8 Å². The SMILES string of the molecule is CCc1cc(NCc2cnc3c(c2)CCC3)nc(N(C)C)n1. The smallest absolute Gasteiger partial charge is 0.226 e. The van der Waals surface area contributed by atoms with E-state index in [0.29, 0.717) is 0 Å². The molecule has 3 rings (SSSR count). The second kappa shape index (κ2) is 6.30. The maximum absolute atomic E-state index is 4.57. The molecule has 116 valence electrons. The van der Waals surface area contributed by atoms with E-state index in [4.69, 9.17) is 0 Å². The van der Waals surface area contributed by atoms with Crippen molar-refractivity contribution in [1.82, 2.24) is 15.0 Å². The molecule has 1 N–H and O–H groups in total. The van der Waals surface area contributed by atoms with E-state index in [1.54, 1.807) is 0 Å². The summed E-state index contributed by atoms with van der Waals surface area (Å²) in [5.41, 5.74) is 4.94. The van der Waals surface area contributed by atoms with Crippen LogP contribution in [0.1, 0.15) is 35.9 Å². The zero-order valence-electron chi connectivity index (χ0n) is 13.6. The van der Waals surface area contributed by atoms with Crippen LogP contribution in [-0.4, -0.2) is 29.0 Å². The first-order valence-corrected chi connectivity index (χ1v) is 7.91. The Kier molecular flexibility index (Phi) is 4.22. The maximum atomic E-state index is 4.57. The van der Waals surface area contributed by atoms with Gasteiger partial charge in [0.2, 0.25) is 5.95 Å². The Morgan fingerprint density at radius 2 is 2.05 bits per heavy atom. The second-order valence-corrected chi connectivity index (χ2v) is 5.95. The molecule has 0 aromatic carbocycles. The van der Waals surface area contributed by atoms with Gasteiger partial charge >= 0.3 is 0 Å². The van der Waals surface area contributed by atoms with Gasteiger partial charge in [-0.15, -0.1) is 0 Å². The van der Waals surface area contributed by atoms with E-state index < -0.39 is 0 Å². The summed E-state index contributed by atoms with van der Waals surface area (Å²) in [6.45, 7) is 2.85. The fourth-order valence-corrected chi connectivity index (χ4v) is 2.72. The molecule has 1 aliphatic carbocycles. The number of anilines is 2. The number of nitrogens with zero attached hydrogens (tertiary/aromatic N) is 4. The highest BCUT2D eigenvalue weighted by Crippen LogP contribution is 2.21. The van der Waals surface area contributed by atoms with Crippen LogP contribution in [0.25, 0.3) is 0 Å². The van der Waals surface area contributed by atoms with E-state index in [1.807, 2.05) is 31.3 Å². The lowest BCUT2D eigenvalue weighted by molar-refractivity contribution is 0.899. The quantitative estimate of drug-likeness (QED) is 0.919. The van der Waals surface area contributed by atoms with Crippen molar-refractivity contribution < 1.29 is 0 Å². The predicted octanol–water partition coefficient (Wildman–Crippen LogP) is 2.60. The molecule has 0 saturated heterocycles. The molecule has 0 radical (unpaired) electrons. The van der Waals surface area contributed by atoms with Crippen molar-refractivity contribution in [3.8, 4) is 0 Å². The van der Waals surface area contributed by atoms with Crippen molar-refractivity contribution in [1.29, 1.82) is 0 Å². The molecule has 0 atom stereocenters. The predicted molar refractivity (Wildman–Crippen MR) is 89.3 cm³/mol. The zero-order chi connectivity index (χ0) is 15.5. The Bertz CT molecular complexity index is 666. The van der Waals surface area contributed by atoms with Crippen molar-refractivity contribution in [3.05, 3.63) is 40.8 Å². The fourth-order valence-electron chi connectivity index (χ4n) is 2.72. The normalized spacial score (nSPS) is 13.0. The molecule has 0 unspecified atom stereocenters. The molecule has 0 spiro atoms. The van der Waals surface area contributed by atoms with Gasteiger partial charge in [0.05, 0.1) is 0 Å². The van der Waals surface area contributed by atoms with Crippen molar-refractivity contribution in [3.63, 3.8) is 0 Å². The average Bonchev–Trinajstić information content (AvgIpc) is 3.00. The zero-order valence-corrected chi connectivity index (χ0v) is 13.6. The molecule has 1 aliphatic rings. The van der Waals surface area contributed by atoms with Crippen LogP contribution >= 0.6 is 0 Å². The Morgan fingerprint density at radius 3 is 2.82 bits per heavy atom. The summed E-state index contributed by atoms with van der Waals surface area (Å²) in [7, 11) is 3.92. The lowest BCUT2D eigenvalue weighted by Gasteiger charge is -2.14. The second-order valence-electron chi connectivity index (χ2n) is 5.95. The first-order chi connectivity index (χ1) is 10.7. The monoisotopic (exact) mass is 297 g/mol. The minimum absolute atomic E-state index is 0.743. The van der Waals surface area contributed by atoms with E-state index in [0.717, 1.165) is 43.3 Å². The lowest BCUT2D eigenvalue weighted by Crippen LogP contribution is -2.15. The van der Waals surface area contributed by atoms with Crippen LogP contribution in [0.3, 0.4) is 0 Å². The Balaban J connectivity index is 1.74. The average molecular weight is 297 g/mol. The van der Waals surface area contributed by atoms with Gasteiger partial charge < -0.3 is 10.2 Å². The molecule has 22 heavy (non-hydrogen) atoms. The van der Waals surface area contributed by atoms with Gasteiger partial charge in [-0.3, -0.25) is 4.98 Å². The van der Waals surface area contributed by atoms with E-state index in [2.05, 4.69) is 33.3 Å². The van der Waals surface area contributed by atoms with Gasteiger partial charge in [0.1, 0.15) is 5.82 Å². The molecule has 0 amide bonds. The number of rotatable bonds is 5. The minimum atomic E-state index is 0.743. The van der Waals surface area contributed by atoms with Crippen molar-refractivity contribution in [2.45, 2.75) is 39.2 Å². The molecule has 2 aromatic rings. The van der Waals surface area contributed by atoms with Crippen molar-refractivity contribution in [2.24, 2.45) is 0 Å². The molecule has 2 aromatic heterocycles. The summed E-state index contributed by atoms with van der Waals surface area (Å²) < 4.78 is 0. The van der Waals surface area contributed by atoms with Crippen molar-refractivity contribution >= 4 is 11.8 Å². The summed E-state index contributed by atoms with van der Waals surface area (Å²) in [6, 6.07) is 4.30. The number of pyridine rings is 1. The Hall–Kier alpha value is -2.17. The fraction of sp³-hybridized carbons (Fsp3) is 0.471. The molecule has 2 heterocycles. The summed E-state index contributed by atoms with van der Waals surface area (Å²) in [6.07, 6.45) is 6.40. The molecule has 0 fully saturated rings. The van der Waals surface area contributed by atoms with Crippen LogP contribution in [0.2, 0.25) is 0 Å². The Morgan fingerprint density at radius 1 is 1.18 bits per heavy atom. The Labute approximate surface area is 131 Å². The number of aromatic nitrogens is 3. The molecule has 5 nitrogen and oxygen atoms in total. The van der Waals surface area contributed by atoms with E-state index in [-0.39, 0.29) is 0 Å². The van der Waals surface area contributed by atoms with Crippen LogP contribution < -0.4 is 10.2 Å². The van der Waals surface area contributed by atoms with Crippen LogP contribution in [-0.2, 0) is 25.8 Å². The number of nitrogens with one attached hydrogen (secondary N) is 1. The van der Waals surface area contributed by atoms with Crippen LogP contribution in [0.5, 0.6) is 0 Å². The standard InChI is InChI=1S/C17H23N5/c1-4-14-9-16(21-17(20-14)22(2)3)19-11-12-8-13-6-5-7-15(13)18-10-12/h8-10H,4-7,11H2,1-3H3,(H,19,20,21). The first kappa shape index (κ1) is 14.8. The summed E-state index contributed by atoms with van der Waals surface area (Å²) in [5, 5.41) is 3.40. The summed E-state index contributed by atoms with van der Waals surface area (Å²) in [5.74, 6) is 1.62. The first-order valence-electron chi connectivity index (χ1n) is 7.91. The van der Waals surface area contributed by atoms with Crippen LogP contribution in [0, 0.1) is 0 Å². The van der Waals surface area contributed by atoms with Crippen LogP contribution in [0.15, 0.2) is 18.3 Å².